The number of allylic oxidation sites excluding steroid dienone is 2. The first-order chi connectivity index (χ1) is 24.1. The minimum Gasteiger partial charge on any atom is -0.508 e. The largest absolute Gasteiger partial charge is 0.508 e. The second kappa shape index (κ2) is 11.9. The van der Waals surface area contributed by atoms with Crippen molar-refractivity contribution in [3.8, 4) is 11.5 Å². The molecule has 3 fully saturated rings. The molecule has 6 atom stereocenters. The van der Waals surface area contributed by atoms with Gasteiger partial charge in [-0.2, -0.15) is 5.01 Å². The number of hydrogen-bond acceptors (Lipinski definition) is 7. The number of nitrogens with zero attached hydrogens (tertiary/aromatic N) is 2. The summed E-state index contributed by atoms with van der Waals surface area (Å²) in [4.78, 5) is 59.6. The van der Waals surface area contributed by atoms with Gasteiger partial charge in [-0.1, -0.05) is 71.3 Å². The predicted molar refractivity (Wildman–Crippen MR) is 187 cm³/mol. The van der Waals surface area contributed by atoms with E-state index in [4.69, 9.17) is 16.3 Å². The molecular weight excluding hydrogens is 654 g/mol. The van der Waals surface area contributed by atoms with Crippen molar-refractivity contribution in [1.29, 1.82) is 0 Å². The quantitative estimate of drug-likeness (QED) is 0.174. The van der Waals surface area contributed by atoms with Gasteiger partial charge in [0.25, 0.3) is 11.8 Å². The van der Waals surface area contributed by atoms with Crippen LogP contribution >= 0.6 is 11.6 Å². The van der Waals surface area contributed by atoms with Crippen LogP contribution in [0.4, 0.5) is 11.4 Å². The normalized spacial score (nSPS) is 27.1. The van der Waals surface area contributed by atoms with Crippen molar-refractivity contribution in [3.63, 3.8) is 0 Å². The molecule has 4 aromatic carbocycles. The van der Waals surface area contributed by atoms with Gasteiger partial charge in [-0.05, 0) is 85.8 Å². The molecule has 0 bridgehead atoms. The molecule has 2 saturated heterocycles. The van der Waals surface area contributed by atoms with Gasteiger partial charge in [-0.15, -0.1) is 0 Å². The molecule has 9 nitrogen and oxygen atoms in total. The molecule has 6 unspecified atom stereocenters. The van der Waals surface area contributed by atoms with Crippen LogP contribution < -0.4 is 15.1 Å². The Balaban J connectivity index is 1.33. The molecule has 2 aliphatic carbocycles. The van der Waals surface area contributed by atoms with Gasteiger partial charge in [0.1, 0.15) is 11.5 Å². The number of ether oxygens (including phenoxy) is 1. The van der Waals surface area contributed by atoms with Crippen molar-refractivity contribution in [2.75, 3.05) is 17.4 Å². The number of fused-ring (bicyclic) bond motifs is 4. The van der Waals surface area contributed by atoms with E-state index in [-0.39, 0.29) is 30.4 Å². The summed E-state index contributed by atoms with van der Waals surface area (Å²) in [5, 5.41) is 13.2. The summed E-state index contributed by atoms with van der Waals surface area (Å²) >= 11 is 6.13. The van der Waals surface area contributed by atoms with Gasteiger partial charge in [0.2, 0.25) is 11.8 Å². The standard InChI is InChI=1S/C40H34ClN3O6/c1-22-8-12-25(13-9-22)42-44-37(47)32-21-30-28(17-18-29-34(30)38(48)43(36(29)46)26-14-10-24(41)11-15-26)35(31-20-27(50-2)16-19-33(31)45)40(32,39(44)49)23-6-4-3-5-7-23/h3-17,19-20,29-30,32,34-35,42,45H,18,21H2,1-2H3. The number of amides is 4. The van der Waals surface area contributed by atoms with Crippen LogP contribution in [0.3, 0.4) is 0 Å². The van der Waals surface area contributed by atoms with E-state index in [1.807, 2.05) is 55.5 Å². The molecule has 4 amide bonds. The van der Waals surface area contributed by atoms with Gasteiger partial charge in [0, 0.05) is 16.5 Å². The molecule has 252 valence electrons. The number of carbonyl (C=O) groups is 4. The number of nitrogens with one attached hydrogen (secondary N) is 1. The number of halogens is 1. The van der Waals surface area contributed by atoms with Gasteiger partial charge < -0.3 is 9.84 Å². The van der Waals surface area contributed by atoms with Crippen LogP contribution in [0.5, 0.6) is 11.5 Å². The highest BCUT2D eigenvalue weighted by Gasteiger charge is 2.70. The van der Waals surface area contributed by atoms with E-state index in [0.29, 0.717) is 33.3 Å². The summed E-state index contributed by atoms with van der Waals surface area (Å²) in [6.45, 7) is 1.95. The topological polar surface area (TPSA) is 116 Å². The van der Waals surface area contributed by atoms with Gasteiger partial charge in [-0.25, -0.2) is 0 Å². The molecule has 8 rings (SSSR count). The number of rotatable bonds is 6. The number of methoxy groups -OCH3 is 1. The lowest BCUT2D eigenvalue weighted by molar-refractivity contribution is -0.138. The van der Waals surface area contributed by atoms with Crippen LogP contribution in [-0.4, -0.2) is 40.9 Å². The number of hydrogen-bond donors (Lipinski definition) is 2. The van der Waals surface area contributed by atoms with Crippen molar-refractivity contribution in [1.82, 2.24) is 5.01 Å². The third-order valence-electron chi connectivity index (χ3n) is 11.0. The Bertz CT molecular complexity index is 2080. The Morgan fingerprint density at radius 2 is 1.58 bits per heavy atom. The summed E-state index contributed by atoms with van der Waals surface area (Å²) in [5.41, 5.74) is 5.35. The molecule has 0 spiro atoms. The number of imide groups is 2. The van der Waals surface area contributed by atoms with Crippen molar-refractivity contribution in [2.24, 2.45) is 23.7 Å². The van der Waals surface area contributed by atoms with Crippen molar-refractivity contribution in [3.05, 3.63) is 130 Å². The first-order valence-corrected chi connectivity index (χ1v) is 17.0. The molecule has 2 heterocycles. The molecule has 50 heavy (non-hydrogen) atoms. The molecule has 0 aromatic heterocycles. The summed E-state index contributed by atoms with van der Waals surface area (Å²) < 4.78 is 5.60. The van der Waals surface area contributed by atoms with Crippen LogP contribution in [0.2, 0.25) is 5.02 Å². The highest BCUT2D eigenvalue weighted by molar-refractivity contribution is 6.31. The van der Waals surface area contributed by atoms with E-state index in [1.54, 1.807) is 48.5 Å². The maximum Gasteiger partial charge on any atom is 0.260 e. The molecule has 2 N–H and O–H groups in total. The number of aromatic hydroxyl groups is 1. The van der Waals surface area contributed by atoms with E-state index in [9.17, 15) is 19.5 Å². The van der Waals surface area contributed by atoms with E-state index >= 15 is 4.79 Å². The summed E-state index contributed by atoms with van der Waals surface area (Å²) in [5.74, 6) is -5.01. The molecule has 4 aliphatic rings. The summed E-state index contributed by atoms with van der Waals surface area (Å²) in [6.07, 6.45) is 2.36. The lowest BCUT2D eigenvalue weighted by Crippen LogP contribution is -2.53. The average molecular weight is 688 g/mol. The number of carbonyl (C=O) groups excluding carboxylic acids is 4. The molecule has 1 saturated carbocycles. The lowest BCUT2D eigenvalue weighted by Gasteiger charge is -2.50. The Morgan fingerprint density at radius 3 is 2.28 bits per heavy atom. The van der Waals surface area contributed by atoms with E-state index in [2.05, 4.69) is 5.43 Å². The second-order valence-electron chi connectivity index (χ2n) is 13.5. The fourth-order valence-corrected chi connectivity index (χ4v) is 8.95. The second-order valence-corrected chi connectivity index (χ2v) is 13.9. The third-order valence-corrected chi connectivity index (χ3v) is 11.3. The van der Waals surface area contributed by atoms with Gasteiger partial charge in [0.05, 0.1) is 41.7 Å². The number of phenolic OH excluding ortho intramolecular Hbond substituents is 1. The SMILES string of the molecule is COc1ccc(O)c(C2C3=CCC4C(=O)N(c5ccc(Cl)cc5)C(=O)C4C3CC3C(=O)N(Nc4ccc(C)cc4)C(=O)C32c2ccccc2)c1. The third kappa shape index (κ3) is 4.60. The number of anilines is 2. The van der Waals surface area contributed by atoms with Crippen LogP contribution in [0, 0.1) is 30.6 Å². The Hall–Kier alpha value is -5.41. The fraction of sp³-hybridized carbons (Fsp3) is 0.250. The van der Waals surface area contributed by atoms with Crippen LogP contribution in [0.15, 0.2) is 109 Å². The van der Waals surface area contributed by atoms with Crippen molar-refractivity contribution >= 4 is 46.6 Å². The molecule has 4 aromatic rings. The maximum atomic E-state index is 15.2. The van der Waals surface area contributed by atoms with Gasteiger partial charge in [0.15, 0.2) is 0 Å². The predicted octanol–water partition coefficient (Wildman–Crippen LogP) is 6.55. The Labute approximate surface area is 294 Å². The number of phenols is 1. The molecule has 0 radical (unpaired) electrons. The molecule has 10 heteroatoms. The van der Waals surface area contributed by atoms with Crippen LogP contribution in [0.25, 0.3) is 0 Å². The highest BCUT2D eigenvalue weighted by Crippen LogP contribution is 2.65. The Kier molecular flexibility index (Phi) is 7.56. The summed E-state index contributed by atoms with van der Waals surface area (Å²) in [7, 11) is 1.52. The van der Waals surface area contributed by atoms with E-state index in [0.717, 1.165) is 16.1 Å². The zero-order chi connectivity index (χ0) is 34.9. The number of hydrazine groups is 1. The van der Waals surface area contributed by atoms with E-state index in [1.165, 1.54) is 18.1 Å². The highest BCUT2D eigenvalue weighted by atomic mass is 35.5. The summed E-state index contributed by atoms with van der Waals surface area (Å²) in [6, 6.07) is 28.0. The van der Waals surface area contributed by atoms with Crippen molar-refractivity contribution < 1.29 is 29.0 Å². The monoisotopic (exact) mass is 687 g/mol. The van der Waals surface area contributed by atoms with Gasteiger partial charge >= 0.3 is 0 Å². The molecular formula is C40H34ClN3O6. The smallest absolute Gasteiger partial charge is 0.260 e. The fourth-order valence-electron chi connectivity index (χ4n) is 8.83. The van der Waals surface area contributed by atoms with Crippen LogP contribution in [-0.2, 0) is 24.6 Å². The number of benzene rings is 4. The Morgan fingerprint density at radius 1 is 0.860 bits per heavy atom. The number of aryl methyl sites for hydroxylation is 1. The first-order valence-electron chi connectivity index (χ1n) is 16.6. The van der Waals surface area contributed by atoms with Crippen molar-refractivity contribution in [2.45, 2.75) is 31.1 Å². The van der Waals surface area contributed by atoms with E-state index < -0.39 is 46.8 Å². The minimum atomic E-state index is -1.50. The zero-order valence-corrected chi connectivity index (χ0v) is 28.1. The van der Waals surface area contributed by atoms with Crippen LogP contribution in [0.1, 0.15) is 35.4 Å². The average Bonchev–Trinajstić information content (AvgIpc) is 3.51. The zero-order valence-electron chi connectivity index (χ0n) is 27.4. The van der Waals surface area contributed by atoms with Gasteiger partial charge in [-0.3, -0.25) is 29.5 Å². The lowest BCUT2D eigenvalue weighted by atomic mass is 9.49. The molecule has 2 aliphatic heterocycles. The minimum absolute atomic E-state index is 0.0738. The first kappa shape index (κ1) is 31.8. The maximum absolute atomic E-state index is 15.2.